The molecule has 0 radical (unpaired) electrons. The van der Waals surface area contributed by atoms with Gasteiger partial charge in [0.05, 0.1) is 0 Å². The molecule has 0 N–H and O–H groups in total. The van der Waals surface area contributed by atoms with Crippen molar-refractivity contribution in [1.82, 2.24) is 0 Å². The fourth-order valence-electron chi connectivity index (χ4n) is 2.32. The maximum Gasteiger partial charge on any atom is -0.0228 e. The van der Waals surface area contributed by atoms with E-state index in [1.54, 1.807) is 0 Å². The molecule has 0 spiro atoms. The molecule has 0 bridgehead atoms. The molecule has 0 aliphatic heterocycles. The van der Waals surface area contributed by atoms with Crippen LogP contribution in [0.5, 0.6) is 0 Å². The van der Waals surface area contributed by atoms with Crippen LogP contribution in [0.1, 0.15) is 57.6 Å². The van der Waals surface area contributed by atoms with E-state index >= 15 is 0 Å². The highest BCUT2D eigenvalue weighted by Crippen LogP contribution is 2.21. The SMILES string of the molecule is C/C=C\c1ccccc1CC(CC)CCCC. The molecule has 17 heavy (non-hydrogen) atoms. The summed E-state index contributed by atoms with van der Waals surface area (Å²) in [5.41, 5.74) is 2.90. The van der Waals surface area contributed by atoms with Crippen LogP contribution in [0.4, 0.5) is 0 Å². The first-order chi connectivity index (χ1) is 8.31. The van der Waals surface area contributed by atoms with Gasteiger partial charge in [-0.15, -0.1) is 0 Å². The minimum Gasteiger partial charge on any atom is -0.0871 e. The lowest BCUT2D eigenvalue weighted by atomic mass is 9.90. The van der Waals surface area contributed by atoms with Gasteiger partial charge in [0.25, 0.3) is 0 Å². The predicted molar refractivity (Wildman–Crippen MR) is 78.2 cm³/mol. The summed E-state index contributed by atoms with van der Waals surface area (Å²) in [6, 6.07) is 8.80. The zero-order valence-corrected chi connectivity index (χ0v) is 11.6. The Labute approximate surface area is 107 Å². The van der Waals surface area contributed by atoms with Crippen LogP contribution in [0.2, 0.25) is 0 Å². The van der Waals surface area contributed by atoms with Crippen molar-refractivity contribution < 1.29 is 0 Å². The van der Waals surface area contributed by atoms with Crippen LogP contribution in [-0.2, 0) is 6.42 Å². The molecule has 0 aliphatic rings. The van der Waals surface area contributed by atoms with Gasteiger partial charge in [-0.2, -0.15) is 0 Å². The third-order valence-corrected chi connectivity index (χ3v) is 3.45. The third kappa shape index (κ3) is 4.77. The second-order valence-electron chi connectivity index (χ2n) is 4.82. The first-order valence-corrected chi connectivity index (χ1v) is 7.02. The fraction of sp³-hybridized carbons (Fsp3) is 0.529. The summed E-state index contributed by atoms with van der Waals surface area (Å²) in [7, 11) is 0. The molecule has 0 heteroatoms. The molecule has 0 aromatic heterocycles. The Balaban J connectivity index is 2.71. The molecular formula is C17H26. The van der Waals surface area contributed by atoms with Gasteiger partial charge in [0.15, 0.2) is 0 Å². The molecule has 94 valence electrons. The molecule has 1 aromatic carbocycles. The Hall–Kier alpha value is -1.04. The van der Waals surface area contributed by atoms with Crippen LogP contribution in [0, 0.1) is 5.92 Å². The van der Waals surface area contributed by atoms with Gasteiger partial charge in [-0.25, -0.2) is 0 Å². The first kappa shape index (κ1) is 14.0. The van der Waals surface area contributed by atoms with Crippen LogP contribution in [0.3, 0.4) is 0 Å². The molecule has 0 fully saturated rings. The summed E-state index contributed by atoms with van der Waals surface area (Å²) in [6.45, 7) is 6.68. The molecule has 0 heterocycles. The average molecular weight is 230 g/mol. The highest BCUT2D eigenvalue weighted by atomic mass is 14.1. The number of benzene rings is 1. The number of unbranched alkanes of at least 4 members (excludes halogenated alkanes) is 1. The number of hydrogen-bond donors (Lipinski definition) is 0. The Morgan fingerprint density at radius 2 is 1.94 bits per heavy atom. The number of hydrogen-bond acceptors (Lipinski definition) is 0. The lowest BCUT2D eigenvalue weighted by Gasteiger charge is -2.16. The van der Waals surface area contributed by atoms with E-state index in [4.69, 9.17) is 0 Å². The zero-order chi connectivity index (χ0) is 12.5. The molecule has 0 nitrogen and oxygen atoms in total. The standard InChI is InChI=1S/C17H26/c1-4-7-11-15(6-3)14-17-13-9-8-12-16(17)10-5-2/h5,8-10,12-13,15H,4,6-7,11,14H2,1-3H3/b10-5-. The van der Waals surface area contributed by atoms with Crippen molar-refractivity contribution in [3.63, 3.8) is 0 Å². The first-order valence-electron chi connectivity index (χ1n) is 7.02. The summed E-state index contributed by atoms with van der Waals surface area (Å²) in [5.74, 6) is 0.848. The van der Waals surface area contributed by atoms with E-state index in [0.717, 1.165) is 5.92 Å². The summed E-state index contributed by atoms with van der Waals surface area (Å²) in [6.07, 6.45) is 10.9. The normalized spacial score (nSPS) is 13.1. The van der Waals surface area contributed by atoms with Gasteiger partial charge in [0, 0.05) is 0 Å². The van der Waals surface area contributed by atoms with Gasteiger partial charge in [-0.1, -0.05) is 75.9 Å². The van der Waals surface area contributed by atoms with Crippen molar-refractivity contribution in [3.8, 4) is 0 Å². The smallest absolute Gasteiger partial charge is 0.0228 e. The number of rotatable bonds is 7. The van der Waals surface area contributed by atoms with Gasteiger partial charge < -0.3 is 0 Å². The average Bonchev–Trinajstić information content (AvgIpc) is 2.36. The van der Waals surface area contributed by atoms with Gasteiger partial charge in [-0.3, -0.25) is 0 Å². The van der Waals surface area contributed by atoms with E-state index in [0.29, 0.717) is 0 Å². The molecule has 1 unspecified atom stereocenters. The molecule has 0 amide bonds. The van der Waals surface area contributed by atoms with Crippen molar-refractivity contribution >= 4 is 6.08 Å². The van der Waals surface area contributed by atoms with Gasteiger partial charge in [0.1, 0.15) is 0 Å². The topological polar surface area (TPSA) is 0 Å². The van der Waals surface area contributed by atoms with Crippen molar-refractivity contribution in [2.24, 2.45) is 5.92 Å². The summed E-state index contributed by atoms with van der Waals surface area (Å²) in [4.78, 5) is 0. The third-order valence-electron chi connectivity index (χ3n) is 3.45. The number of allylic oxidation sites excluding steroid dienone is 1. The largest absolute Gasteiger partial charge is 0.0871 e. The van der Waals surface area contributed by atoms with Gasteiger partial charge in [0.2, 0.25) is 0 Å². The van der Waals surface area contributed by atoms with Crippen LogP contribution >= 0.6 is 0 Å². The predicted octanol–water partition coefficient (Wildman–Crippen LogP) is 5.48. The minimum atomic E-state index is 0.848. The maximum absolute atomic E-state index is 2.32. The van der Waals surface area contributed by atoms with Gasteiger partial charge >= 0.3 is 0 Å². The van der Waals surface area contributed by atoms with E-state index in [1.807, 2.05) is 0 Å². The second-order valence-corrected chi connectivity index (χ2v) is 4.82. The van der Waals surface area contributed by atoms with Crippen LogP contribution < -0.4 is 0 Å². The van der Waals surface area contributed by atoms with Crippen molar-refractivity contribution in [2.75, 3.05) is 0 Å². The van der Waals surface area contributed by atoms with Gasteiger partial charge in [-0.05, 0) is 30.4 Å². The van der Waals surface area contributed by atoms with Crippen molar-refractivity contribution in [3.05, 3.63) is 41.5 Å². The maximum atomic E-state index is 2.32. The zero-order valence-electron chi connectivity index (χ0n) is 11.6. The molecule has 1 aromatic rings. The summed E-state index contributed by atoms with van der Waals surface area (Å²) in [5, 5.41) is 0. The lowest BCUT2D eigenvalue weighted by Crippen LogP contribution is -2.04. The highest BCUT2D eigenvalue weighted by molar-refractivity contribution is 5.53. The highest BCUT2D eigenvalue weighted by Gasteiger charge is 2.08. The molecule has 1 rings (SSSR count). The van der Waals surface area contributed by atoms with E-state index in [1.165, 1.54) is 43.2 Å². The van der Waals surface area contributed by atoms with Crippen molar-refractivity contribution in [2.45, 2.75) is 52.9 Å². The second kappa shape index (κ2) is 8.11. The molecular weight excluding hydrogens is 204 g/mol. The van der Waals surface area contributed by atoms with E-state index in [9.17, 15) is 0 Å². The molecule has 1 atom stereocenters. The van der Waals surface area contributed by atoms with Crippen molar-refractivity contribution in [1.29, 1.82) is 0 Å². The van der Waals surface area contributed by atoms with E-state index < -0.39 is 0 Å². The molecule has 0 saturated heterocycles. The Kier molecular flexibility index (Phi) is 6.69. The molecule has 0 saturated carbocycles. The van der Waals surface area contributed by atoms with Crippen LogP contribution in [-0.4, -0.2) is 0 Å². The Morgan fingerprint density at radius 3 is 2.59 bits per heavy atom. The van der Waals surface area contributed by atoms with E-state index in [2.05, 4.69) is 57.2 Å². The summed E-state index contributed by atoms with van der Waals surface area (Å²) < 4.78 is 0. The quantitative estimate of drug-likeness (QED) is 0.582. The Morgan fingerprint density at radius 1 is 1.18 bits per heavy atom. The monoisotopic (exact) mass is 230 g/mol. The Bertz CT molecular complexity index is 336. The molecule has 0 aliphatic carbocycles. The van der Waals surface area contributed by atoms with Crippen LogP contribution in [0.25, 0.3) is 6.08 Å². The van der Waals surface area contributed by atoms with Crippen LogP contribution in [0.15, 0.2) is 30.3 Å². The fourth-order valence-corrected chi connectivity index (χ4v) is 2.32. The minimum absolute atomic E-state index is 0.848. The lowest BCUT2D eigenvalue weighted by molar-refractivity contribution is 0.449. The van der Waals surface area contributed by atoms with E-state index in [-0.39, 0.29) is 0 Å². The summed E-state index contributed by atoms with van der Waals surface area (Å²) >= 11 is 0.